The molecule has 4 nitrogen and oxygen atoms in total. The molecule has 3 aromatic rings. The monoisotopic (exact) mass is 245 g/mol. The maximum absolute atomic E-state index is 13.1. The van der Waals surface area contributed by atoms with Crippen molar-refractivity contribution in [3.8, 4) is 0 Å². The lowest BCUT2D eigenvalue weighted by Gasteiger charge is -2.13. The number of aromatic nitrogens is 2. The second-order valence-electron chi connectivity index (χ2n) is 4.16. The fraction of sp³-hybridized carbons (Fsp3) is 0.154. The number of nitrogens with two attached hydrogens (primary N) is 1. The third kappa shape index (κ3) is 1.55. The number of benzene rings is 1. The minimum Gasteiger partial charge on any atom is -0.467 e. The van der Waals surface area contributed by atoms with Crippen LogP contribution in [0.1, 0.15) is 18.7 Å². The molecule has 2 aromatic heterocycles. The molecule has 1 atom stereocenters. The number of hydrogen-bond donors (Lipinski definition) is 1. The number of fused-ring (bicyclic) bond motifs is 1. The Hall–Kier alpha value is -2.30. The van der Waals surface area contributed by atoms with Crippen molar-refractivity contribution < 1.29 is 8.81 Å². The Morgan fingerprint density at radius 3 is 2.94 bits per heavy atom. The topological polar surface area (TPSA) is 57.0 Å². The van der Waals surface area contributed by atoms with E-state index in [0.717, 1.165) is 11.3 Å². The molecule has 0 saturated heterocycles. The van der Waals surface area contributed by atoms with Crippen LogP contribution in [0.5, 0.6) is 0 Å². The number of rotatable bonds is 2. The predicted molar refractivity (Wildman–Crippen MR) is 66.6 cm³/mol. The zero-order chi connectivity index (χ0) is 12.7. The molecule has 92 valence electrons. The summed E-state index contributed by atoms with van der Waals surface area (Å²) < 4.78 is 20.3. The molecule has 3 rings (SSSR count). The average molecular weight is 245 g/mol. The van der Waals surface area contributed by atoms with Gasteiger partial charge in [-0.05, 0) is 31.2 Å². The van der Waals surface area contributed by atoms with E-state index in [1.165, 1.54) is 12.1 Å². The van der Waals surface area contributed by atoms with E-state index in [-0.39, 0.29) is 11.9 Å². The molecule has 18 heavy (non-hydrogen) atoms. The zero-order valence-corrected chi connectivity index (χ0v) is 9.80. The number of imidazole rings is 1. The van der Waals surface area contributed by atoms with E-state index in [2.05, 4.69) is 4.98 Å². The fourth-order valence-electron chi connectivity index (χ4n) is 2.15. The van der Waals surface area contributed by atoms with E-state index >= 15 is 0 Å². The van der Waals surface area contributed by atoms with E-state index in [9.17, 15) is 4.39 Å². The Kier molecular flexibility index (Phi) is 2.33. The molecule has 1 unspecified atom stereocenters. The summed E-state index contributed by atoms with van der Waals surface area (Å²) in [6.45, 7) is 1.96. The molecule has 1 aromatic carbocycles. The SMILES string of the molecule is CC(c1ccco1)n1c(N)nc2cc(F)ccc21. The second-order valence-corrected chi connectivity index (χ2v) is 4.16. The Morgan fingerprint density at radius 2 is 2.22 bits per heavy atom. The summed E-state index contributed by atoms with van der Waals surface area (Å²) in [6.07, 6.45) is 1.61. The predicted octanol–water partition coefficient (Wildman–Crippen LogP) is 2.96. The molecular formula is C13H12FN3O. The van der Waals surface area contributed by atoms with Crippen molar-refractivity contribution in [1.82, 2.24) is 9.55 Å². The van der Waals surface area contributed by atoms with Crippen LogP contribution in [-0.2, 0) is 0 Å². The third-order valence-corrected chi connectivity index (χ3v) is 3.02. The van der Waals surface area contributed by atoms with Gasteiger partial charge in [0, 0.05) is 6.07 Å². The summed E-state index contributed by atoms with van der Waals surface area (Å²) in [7, 11) is 0. The lowest BCUT2D eigenvalue weighted by atomic mass is 10.2. The van der Waals surface area contributed by atoms with E-state index in [1.807, 2.05) is 23.6 Å². The van der Waals surface area contributed by atoms with E-state index < -0.39 is 0 Å². The normalized spacial score (nSPS) is 13.0. The Morgan fingerprint density at radius 1 is 1.39 bits per heavy atom. The molecule has 5 heteroatoms. The van der Waals surface area contributed by atoms with Crippen LogP contribution in [-0.4, -0.2) is 9.55 Å². The molecule has 2 heterocycles. The number of hydrogen-bond acceptors (Lipinski definition) is 3. The van der Waals surface area contributed by atoms with Crippen LogP contribution < -0.4 is 5.73 Å². The van der Waals surface area contributed by atoms with Crippen LogP contribution in [0, 0.1) is 5.82 Å². The van der Waals surface area contributed by atoms with Gasteiger partial charge in [0.1, 0.15) is 11.6 Å². The quantitative estimate of drug-likeness (QED) is 0.755. The Bertz CT molecular complexity index is 688. The standard InChI is InChI=1S/C13H12FN3O/c1-8(12-3-2-6-18-12)17-11-5-4-9(14)7-10(11)16-13(17)15/h2-8H,1H3,(H2,15,16). The molecule has 0 spiro atoms. The van der Waals surface area contributed by atoms with Gasteiger partial charge >= 0.3 is 0 Å². The summed E-state index contributed by atoms with van der Waals surface area (Å²) in [5.74, 6) is 0.808. The lowest BCUT2D eigenvalue weighted by Crippen LogP contribution is -2.09. The largest absolute Gasteiger partial charge is 0.467 e. The number of nitrogen functional groups attached to an aromatic ring is 1. The van der Waals surface area contributed by atoms with Crippen LogP contribution in [0.25, 0.3) is 11.0 Å². The highest BCUT2D eigenvalue weighted by atomic mass is 19.1. The van der Waals surface area contributed by atoms with Crippen molar-refractivity contribution in [2.75, 3.05) is 5.73 Å². The van der Waals surface area contributed by atoms with E-state index in [1.54, 1.807) is 12.3 Å². The molecule has 0 amide bonds. The van der Waals surface area contributed by atoms with Crippen molar-refractivity contribution in [1.29, 1.82) is 0 Å². The molecule has 0 saturated carbocycles. The van der Waals surface area contributed by atoms with Crippen LogP contribution in [0.2, 0.25) is 0 Å². The lowest BCUT2D eigenvalue weighted by molar-refractivity contribution is 0.453. The summed E-state index contributed by atoms with van der Waals surface area (Å²) in [6, 6.07) is 8.05. The number of furan rings is 1. The van der Waals surface area contributed by atoms with Crippen molar-refractivity contribution in [2.24, 2.45) is 0 Å². The van der Waals surface area contributed by atoms with Crippen LogP contribution >= 0.6 is 0 Å². The van der Waals surface area contributed by atoms with E-state index in [4.69, 9.17) is 10.2 Å². The smallest absolute Gasteiger partial charge is 0.201 e. The molecule has 0 aliphatic carbocycles. The van der Waals surface area contributed by atoms with Gasteiger partial charge in [0.05, 0.1) is 23.3 Å². The van der Waals surface area contributed by atoms with Crippen LogP contribution in [0.15, 0.2) is 41.0 Å². The fourth-order valence-corrected chi connectivity index (χ4v) is 2.15. The molecule has 0 radical (unpaired) electrons. The van der Waals surface area contributed by atoms with Gasteiger partial charge < -0.3 is 14.7 Å². The molecule has 0 aliphatic heterocycles. The summed E-state index contributed by atoms with van der Waals surface area (Å²) >= 11 is 0. The first-order valence-corrected chi connectivity index (χ1v) is 5.63. The van der Waals surface area contributed by atoms with Gasteiger partial charge in [0.15, 0.2) is 0 Å². The van der Waals surface area contributed by atoms with Gasteiger partial charge in [0.2, 0.25) is 5.95 Å². The first-order chi connectivity index (χ1) is 8.66. The maximum Gasteiger partial charge on any atom is 0.201 e. The number of anilines is 1. The molecule has 0 bridgehead atoms. The number of halogens is 1. The van der Waals surface area contributed by atoms with Gasteiger partial charge in [0.25, 0.3) is 0 Å². The van der Waals surface area contributed by atoms with Gasteiger partial charge in [-0.3, -0.25) is 0 Å². The average Bonchev–Trinajstić information content (AvgIpc) is 2.94. The highest BCUT2D eigenvalue weighted by molar-refractivity contribution is 5.78. The Labute approximate surface area is 103 Å². The highest BCUT2D eigenvalue weighted by Gasteiger charge is 2.17. The second kappa shape index (κ2) is 3.87. The van der Waals surface area contributed by atoms with Crippen molar-refractivity contribution in [3.63, 3.8) is 0 Å². The van der Waals surface area contributed by atoms with Crippen molar-refractivity contribution in [2.45, 2.75) is 13.0 Å². The first kappa shape index (κ1) is 10.8. The van der Waals surface area contributed by atoms with Crippen molar-refractivity contribution in [3.05, 3.63) is 48.2 Å². The van der Waals surface area contributed by atoms with Crippen molar-refractivity contribution >= 4 is 17.0 Å². The zero-order valence-electron chi connectivity index (χ0n) is 9.80. The summed E-state index contributed by atoms with van der Waals surface area (Å²) in [5, 5.41) is 0. The Balaban J connectivity index is 2.19. The van der Waals surface area contributed by atoms with Gasteiger partial charge in [-0.1, -0.05) is 0 Å². The van der Waals surface area contributed by atoms with Gasteiger partial charge in [-0.2, -0.15) is 0 Å². The minimum absolute atomic E-state index is 0.0875. The molecule has 0 aliphatic rings. The molecule has 0 fully saturated rings. The van der Waals surface area contributed by atoms with Crippen LogP contribution in [0.3, 0.4) is 0 Å². The summed E-state index contributed by atoms with van der Waals surface area (Å²) in [5.41, 5.74) is 7.23. The molecule has 2 N–H and O–H groups in total. The van der Waals surface area contributed by atoms with Gasteiger partial charge in [-0.15, -0.1) is 0 Å². The third-order valence-electron chi connectivity index (χ3n) is 3.02. The maximum atomic E-state index is 13.1. The minimum atomic E-state index is -0.321. The highest BCUT2D eigenvalue weighted by Crippen LogP contribution is 2.27. The number of nitrogens with zero attached hydrogens (tertiary/aromatic N) is 2. The molecular weight excluding hydrogens is 233 g/mol. The van der Waals surface area contributed by atoms with Crippen LogP contribution in [0.4, 0.5) is 10.3 Å². The first-order valence-electron chi connectivity index (χ1n) is 5.63. The van der Waals surface area contributed by atoms with E-state index in [0.29, 0.717) is 11.5 Å². The van der Waals surface area contributed by atoms with Gasteiger partial charge in [-0.25, -0.2) is 9.37 Å². The summed E-state index contributed by atoms with van der Waals surface area (Å²) in [4.78, 5) is 4.16.